The molecule has 0 saturated heterocycles. The fourth-order valence-corrected chi connectivity index (χ4v) is 1.98. The van der Waals surface area contributed by atoms with E-state index in [4.69, 9.17) is 0 Å². The number of aliphatic hydroxyl groups is 1. The minimum absolute atomic E-state index is 0.0712. The van der Waals surface area contributed by atoms with Crippen molar-refractivity contribution in [2.75, 3.05) is 24.7 Å². The minimum atomic E-state index is -0.0712. The molecule has 0 saturated carbocycles. The fraction of sp³-hybridized carbons (Fsp3) is 1.00. The third-order valence-corrected chi connectivity index (χ3v) is 3.05. The molecule has 0 aromatic rings. The first kappa shape index (κ1) is 13.3. The molecule has 80 valence electrons. The summed E-state index contributed by atoms with van der Waals surface area (Å²) in [6.45, 7) is 7.63. The molecule has 1 atom stereocenters. The van der Waals surface area contributed by atoms with Gasteiger partial charge >= 0.3 is 0 Å². The Labute approximate surface area is 86.5 Å². The second-order valence-corrected chi connectivity index (χ2v) is 4.99. The molecule has 2 nitrogen and oxygen atoms in total. The molecule has 1 unspecified atom stereocenters. The first-order valence-electron chi connectivity index (χ1n) is 5.12. The molecule has 3 heteroatoms. The van der Waals surface area contributed by atoms with Gasteiger partial charge < -0.3 is 10.4 Å². The summed E-state index contributed by atoms with van der Waals surface area (Å²) in [5, 5.41) is 12.6. The predicted octanol–water partition coefficient (Wildman–Crippen LogP) is 1.88. The van der Waals surface area contributed by atoms with Crippen LogP contribution in [0.3, 0.4) is 0 Å². The van der Waals surface area contributed by atoms with Gasteiger partial charge in [0.25, 0.3) is 0 Å². The van der Waals surface area contributed by atoms with E-state index in [0.717, 1.165) is 30.9 Å². The third-order valence-electron chi connectivity index (χ3n) is 2.15. The highest BCUT2D eigenvalue weighted by Gasteiger charge is 2.21. The number of thioether (sulfide) groups is 1. The summed E-state index contributed by atoms with van der Waals surface area (Å²) in [6, 6.07) is 0. The van der Waals surface area contributed by atoms with Crippen molar-refractivity contribution in [3.63, 3.8) is 0 Å². The maximum absolute atomic E-state index is 9.24. The molecular formula is C10H23NOS. The molecule has 0 fully saturated rings. The van der Waals surface area contributed by atoms with Crippen LogP contribution in [0, 0.1) is 0 Å². The van der Waals surface area contributed by atoms with E-state index in [-0.39, 0.29) is 12.1 Å². The number of rotatable bonds is 8. The van der Waals surface area contributed by atoms with Gasteiger partial charge in [0.2, 0.25) is 0 Å². The molecule has 0 aliphatic carbocycles. The molecule has 2 N–H and O–H groups in total. The maximum atomic E-state index is 9.24. The van der Waals surface area contributed by atoms with Crippen molar-refractivity contribution in [1.29, 1.82) is 0 Å². The van der Waals surface area contributed by atoms with Gasteiger partial charge in [0.05, 0.1) is 6.61 Å². The Balaban J connectivity index is 3.67. The van der Waals surface area contributed by atoms with Crippen LogP contribution in [0.5, 0.6) is 0 Å². The summed E-state index contributed by atoms with van der Waals surface area (Å²) in [5.74, 6) is 2.29. The van der Waals surface area contributed by atoms with E-state index in [1.807, 2.05) is 11.8 Å². The van der Waals surface area contributed by atoms with Crippen molar-refractivity contribution in [1.82, 2.24) is 5.32 Å². The zero-order valence-corrected chi connectivity index (χ0v) is 9.91. The summed E-state index contributed by atoms with van der Waals surface area (Å²) in [5.41, 5.74) is -0.0712. The van der Waals surface area contributed by atoms with Crippen molar-refractivity contribution in [3.8, 4) is 0 Å². The van der Waals surface area contributed by atoms with Gasteiger partial charge in [-0.1, -0.05) is 13.8 Å². The smallest absolute Gasteiger partial charge is 0.0610 e. The summed E-state index contributed by atoms with van der Waals surface area (Å²) in [4.78, 5) is 0. The molecule has 0 aliphatic rings. The molecule has 0 bridgehead atoms. The average molecular weight is 205 g/mol. The summed E-state index contributed by atoms with van der Waals surface area (Å²) >= 11 is 1.93. The molecule has 0 rings (SSSR count). The van der Waals surface area contributed by atoms with Crippen LogP contribution in [0.15, 0.2) is 0 Å². The highest BCUT2D eigenvalue weighted by Crippen LogP contribution is 2.13. The summed E-state index contributed by atoms with van der Waals surface area (Å²) in [7, 11) is 0. The largest absolute Gasteiger partial charge is 0.394 e. The van der Waals surface area contributed by atoms with Crippen molar-refractivity contribution >= 4 is 11.8 Å². The Hall–Kier alpha value is 0.270. The second-order valence-electron chi connectivity index (χ2n) is 3.59. The normalized spacial score (nSPS) is 15.7. The highest BCUT2D eigenvalue weighted by molar-refractivity contribution is 7.99. The van der Waals surface area contributed by atoms with Crippen LogP contribution in [0.4, 0.5) is 0 Å². The average Bonchev–Trinajstić information content (AvgIpc) is 2.15. The molecule has 13 heavy (non-hydrogen) atoms. The number of hydrogen-bond acceptors (Lipinski definition) is 3. The summed E-state index contributed by atoms with van der Waals surface area (Å²) in [6.07, 6.45) is 2.17. The Morgan fingerprint density at radius 3 is 2.54 bits per heavy atom. The predicted molar refractivity (Wildman–Crippen MR) is 61.4 cm³/mol. The summed E-state index contributed by atoms with van der Waals surface area (Å²) < 4.78 is 0. The molecule has 0 heterocycles. The van der Waals surface area contributed by atoms with Crippen LogP contribution >= 0.6 is 11.8 Å². The van der Waals surface area contributed by atoms with E-state index >= 15 is 0 Å². The van der Waals surface area contributed by atoms with E-state index in [1.54, 1.807) is 0 Å². The minimum Gasteiger partial charge on any atom is -0.394 e. The quantitative estimate of drug-likeness (QED) is 0.593. The highest BCUT2D eigenvalue weighted by atomic mass is 32.2. The van der Waals surface area contributed by atoms with Crippen molar-refractivity contribution < 1.29 is 5.11 Å². The molecule has 0 aromatic carbocycles. The second kappa shape index (κ2) is 7.65. The van der Waals surface area contributed by atoms with Crippen LogP contribution < -0.4 is 5.32 Å². The molecular weight excluding hydrogens is 182 g/mol. The molecule has 0 spiro atoms. The van der Waals surface area contributed by atoms with Crippen molar-refractivity contribution in [2.45, 2.75) is 39.2 Å². The van der Waals surface area contributed by atoms with Crippen molar-refractivity contribution in [3.05, 3.63) is 0 Å². The van der Waals surface area contributed by atoms with Crippen molar-refractivity contribution in [2.24, 2.45) is 0 Å². The van der Waals surface area contributed by atoms with Crippen LogP contribution in [0.2, 0.25) is 0 Å². The topological polar surface area (TPSA) is 32.3 Å². The standard InChI is InChI=1S/C10H23NOS/c1-4-7-11-10(3,9-12)6-8-13-5-2/h11-12H,4-9H2,1-3H3. The van der Waals surface area contributed by atoms with Crippen LogP contribution in [-0.2, 0) is 0 Å². The lowest BCUT2D eigenvalue weighted by Crippen LogP contribution is -2.46. The van der Waals surface area contributed by atoms with Gasteiger partial charge in [0, 0.05) is 5.54 Å². The van der Waals surface area contributed by atoms with E-state index in [2.05, 4.69) is 26.1 Å². The Bertz CT molecular complexity index is 121. The molecule has 0 radical (unpaired) electrons. The molecule has 0 aliphatic heterocycles. The van der Waals surface area contributed by atoms with Gasteiger partial charge in [-0.25, -0.2) is 0 Å². The Morgan fingerprint density at radius 2 is 2.08 bits per heavy atom. The zero-order valence-electron chi connectivity index (χ0n) is 9.10. The first-order chi connectivity index (χ1) is 6.18. The number of aliphatic hydroxyl groups excluding tert-OH is 1. The van der Waals surface area contributed by atoms with Gasteiger partial charge in [-0.2, -0.15) is 11.8 Å². The Kier molecular flexibility index (Phi) is 7.81. The molecule has 0 amide bonds. The van der Waals surface area contributed by atoms with E-state index in [1.165, 1.54) is 0 Å². The maximum Gasteiger partial charge on any atom is 0.0610 e. The monoisotopic (exact) mass is 205 g/mol. The van der Waals surface area contributed by atoms with Gasteiger partial charge in [-0.3, -0.25) is 0 Å². The third kappa shape index (κ3) is 6.36. The number of hydrogen-bond donors (Lipinski definition) is 2. The van der Waals surface area contributed by atoms with Gasteiger partial charge in [-0.05, 0) is 37.8 Å². The lowest BCUT2D eigenvalue weighted by molar-refractivity contribution is 0.171. The fourth-order valence-electron chi connectivity index (χ4n) is 1.09. The van der Waals surface area contributed by atoms with Crippen LogP contribution in [-0.4, -0.2) is 35.3 Å². The number of nitrogens with one attached hydrogen (secondary N) is 1. The van der Waals surface area contributed by atoms with Gasteiger partial charge in [0.1, 0.15) is 0 Å². The SMILES string of the molecule is CCCNC(C)(CO)CCSCC. The lowest BCUT2D eigenvalue weighted by atomic mass is 10.0. The van der Waals surface area contributed by atoms with Crippen LogP contribution in [0.25, 0.3) is 0 Å². The van der Waals surface area contributed by atoms with Gasteiger partial charge in [0.15, 0.2) is 0 Å². The first-order valence-corrected chi connectivity index (χ1v) is 6.27. The van der Waals surface area contributed by atoms with Gasteiger partial charge in [-0.15, -0.1) is 0 Å². The Morgan fingerprint density at radius 1 is 1.38 bits per heavy atom. The van der Waals surface area contributed by atoms with Crippen LogP contribution in [0.1, 0.15) is 33.6 Å². The lowest BCUT2D eigenvalue weighted by Gasteiger charge is -2.28. The van der Waals surface area contributed by atoms with E-state index < -0.39 is 0 Å². The zero-order chi connectivity index (χ0) is 10.2. The van der Waals surface area contributed by atoms with E-state index in [9.17, 15) is 5.11 Å². The molecule has 0 aromatic heterocycles. The van der Waals surface area contributed by atoms with E-state index in [0.29, 0.717) is 0 Å².